The number of thiophene rings is 1. The zero-order valence-electron chi connectivity index (χ0n) is 13.9. The first kappa shape index (κ1) is 17.5. The van der Waals surface area contributed by atoms with Crippen molar-refractivity contribution in [2.75, 3.05) is 0 Å². The van der Waals surface area contributed by atoms with Crippen LogP contribution in [0.3, 0.4) is 0 Å². The molecule has 1 aromatic carbocycles. The molecule has 26 heavy (non-hydrogen) atoms. The number of carbonyl (C=O) groups is 1. The summed E-state index contributed by atoms with van der Waals surface area (Å²) in [5.41, 5.74) is 0.913. The van der Waals surface area contributed by atoms with E-state index in [9.17, 15) is 4.79 Å². The van der Waals surface area contributed by atoms with E-state index in [2.05, 4.69) is 4.98 Å². The lowest BCUT2D eigenvalue weighted by atomic mass is 10.3. The van der Waals surface area contributed by atoms with Crippen molar-refractivity contribution >= 4 is 40.2 Å². The highest BCUT2D eigenvalue weighted by Crippen LogP contribution is 2.31. The summed E-state index contributed by atoms with van der Waals surface area (Å²) in [5, 5.41) is 5.48. The van der Waals surface area contributed by atoms with E-state index < -0.39 is 0 Å². The van der Waals surface area contributed by atoms with Gasteiger partial charge in [0.2, 0.25) is 0 Å². The van der Waals surface area contributed by atoms with Crippen LogP contribution in [-0.4, -0.2) is 21.8 Å². The number of hydrogen-bond acceptors (Lipinski definition) is 5. The number of ether oxygens (including phenoxy) is 1. The molecule has 1 aliphatic rings. The lowest BCUT2D eigenvalue weighted by Crippen LogP contribution is -2.32. The van der Waals surface area contributed by atoms with Gasteiger partial charge in [0.25, 0.3) is 5.91 Å². The van der Waals surface area contributed by atoms with E-state index in [1.165, 1.54) is 11.3 Å². The predicted molar refractivity (Wildman–Crippen MR) is 105 cm³/mol. The van der Waals surface area contributed by atoms with E-state index in [1.807, 2.05) is 46.0 Å². The van der Waals surface area contributed by atoms with Gasteiger partial charge in [-0.05, 0) is 42.5 Å². The number of amides is 1. The number of rotatable bonds is 7. The van der Waals surface area contributed by atoms with E-state index >= 15 is 0 Å². The van der Waals surface area contributed by atoms with Crippen LogP contribution in [0.4, 0.5) is 0 Å². The molecule has 0 bridgehead atoms. The second kappa shape index (κ2) is 7.78. The summed E-state index contributed by atoms with van der Waals surface area (Å²) in [6.07, 6.45) is 2.15. The number of thiazole rings is 1. The van der Waals surface area contributed by atoms with E-state index in [-0.39, 0.29) is 5.91 Å². The fraction of sp³-hybridized carbons (Fsp3) is 0.263. The Bertz CT molecular complexity index is 891. The van der Waals surface area contributed by atoms with Gasteiger partial charge < -0.3 is 9.64 Å². The van der Waals surface area contributed by atoms with Gasteiger partial charge in [-0.1, -0.05) is 23.7 Å². The zero-order chi connectivity index (χ0) is 17.9. The highest BCUT2D eigenvalue weighted by Gasteiger charge is 2.33. The highest BCUT2D eigenvalue weighted by molar-refractivity contribution is 7.12. The van der Waals surface area contributed by atoms with Crippen LogP contribution in [0.15, 0.2) is 47.2 Å². The SMILES string of the molecule is O=C(c1cccs1)N(Cc1csc(COc2cccc(Cl)c2)n1)C1CC1. The maximum Gasteiger partial charge on any atom is 0.264 e. The zero-order valence-corrected chi connectivity index (χ0v) is 16.3. The molecule has 0 radical (unpaired) electrons. The fourth-order valence-electron chi connectivity index (χ4n) is 2.66. The van der Waals surface area contributed by atoms with Crippen molar-refractivity contribution < 1.29 is 9.53 Å². The number of carbonyl (C=O) groups excluding carboxylic acids is 1. The molecule has 7 heteroatoms. The van der Waals surface area contributed by atoms with Gasteiger partial charge in [-0.25, -0.2) is 4.98 Å². The summed E-state index contributed by atoms with van der Waals surface area (Å²) in [4.78, 5) is 20.1. The third-order valence-electron chi connectivity index (χ3n) is 4.07. The Balaban J connectivity index is 1.39. The van der Waals surface area contributed by atoms with Crippen LogP contribution in [0.2, 0.25) is 5.02 Å². The number of benzene rings is 1. The quantitative estimate of drug-likeness (QED) is 0.540. The van der Waals surface area contributed by atoms with E-state index in [0.717, 1.165) is 34.2 Å². The molecule has 0 atom stereocenters. The monoisotopic (exact) mass is 404 g/mol. The first-order valence-electron chi connectivity index (χ1n) is 8.35. The van der Waals surface area contributed by atoms with Crippen molar-refractivity contribution in [2.24, 2.45) is 0 Å². The third kappa shape index (κ3) is 4.26. The molecule has 4 rings (SSSR count). The third-order valence-corrected chi connectivity index (χ3v) is 6.03. The summed E-state index contributed by atoms with van der Waals surface area (Å²) < 4.78 is 5.74. The average Bonchev–Trinajstić information content (AvgIpc) is 3.15. The van der Waals surface area contributed by atoms with Gasteiger partial charge in [0, 0.05) is 16.4 Å². The fourth-order valence-corrected chi connectivity index (χ4v) is 4.21. The molecule has 2 heterocycles. The summed E-state index contributed by atoms with van der Waals surface area (Å²) in [6.45, 7) is 0.947. The Morgan fingerprint density at radius 3 is 2.88 bits per heavy atom. The largest absolute Gasteiger partial charge is 0.486 e. The highest BCUT2D eigenvalue weighted by atomic mass is 35.5. The molecule has 0 spiro atoms. The minimum Gasteiger partial charge on any atom is -0.486 e. The van der Waals surface area contributed by atoms with E-state index in [1.54, 1.807) is 17.4 Å². The molecule has 134 valence electrons. The molecule has 0 unspecified atom stereocenters. The minimum atomic E-state index is 0.104. The molecule has 4 nitrogen and oxygen atoms in total. The van der Waals surface area contributed by atoms with E-state index in [4.69, 9.17) is 16.3 Å². The number of halogens is 1. The number of nitrogens with zero attached hydrogens (tertiary/aromatic N) is 2. The molecule has 0 saturated heterocycles. The van der Waals surface area contributed by atoms with Gasteiger partial charge in [-0.3, -0.25) is 4.79 Å². The second-order valence-corrected chi connectivity index (χ2v) is 8.45. The van der Waals surface area contributed by atoms with E-state index in [0.29, 0.717) is 24.2 Å². The van der Waals surface area contributed by atoms with Gasteiger partial charge in [0.1, 0.15) is 17.4 Å². The smallest absolute Gasteiger partial charge is 0.264 e. The molecular weight excluding hydrogens is 388 g/mol. The van der Waals surface area contributed by atoms with Crippen LogP contribution in [0.1, 0.15) is 33.2 Å². The van der Waals surface area contributed by atoms with Crippen molar-refractivity contribution in [3.8, 4) is 5.75 Å². The number of aromatic nitrogens is 1. The molecule has 1 fully saturated rings. The Labute approximate surface area is 165 Å². The molecule has 1 amide bonds. The molecule has 3 aromatic rings. The summed E-state index contributed by atoms with van der Waals surface area (Å²) in [5.74, 6) is 0.828. The van der Waals surface area contributed by atoms with Crippen LogP contribution in [0.25, 0.3) is 0 Å². The Morgan fingerprint density at radius 1 is 1.27 bits per heavy atom. The molecule has 0 N–H and O–H groups in total. The first-order chi connectivity index (χ1) is 12.7. The van der Waals surface area contributed by atoms with Gasteiger partial charge in [-0.2, -0.15) is 0 Å². The van der Waals surface area contributed by atoms with Crippen molar-refractivity contribution in [2.45, 2.75) is 32.0 Å². The maximum atomic E-state index is 12.7. The Kier molecular flexibility index (Phi) is 5.24. The molecule has 2 aromatic heterocycles. The maximum absolute atomic E-state index is 12.7. The Morgan fingerprint density at radius 2 is 2.15 bits per heavy atom. The van der Waals surface area contributed by atoms with Crippen LogP contribution in [0.5, 0.6) is 5.75 Å². The Hall–Kier alpha value is -1.89. The van der Waals surface area contributed by atoms with Gasteiger partial charge in [0.15, 0.2) is 0 Å². The summed E-state index contributed by atoms with van der Waals surface area (Å²) in [7, 11) is 0. The normalized spacial score (nSPS) is 13.6. The van der Waals surface area contributed by atoms with Crippen LogP contribution in [-0.2, 0) is 13.2 Å². The van der Waals surface area contributed by atoms with Crippen LogP contribution < -0.4 is 4.74 Å². The first-order valence-corrected chi connectivity index (χ1v) is 10.5. The molecule has 1 aliphatic carbocycles. The van der Waals surface area contributed by atoms with Crippen molar-refractivity contribution in [1.82, 2.24) is 9.88 Å². The second-order valence-electron chi connectivity index (χ2n) is 6.12. The molecular formula is C19H17ClN2O2S2. The van der Waals surface area contributed by atoms with Gasteiger partial charge >= 0.3 is 0 Å². The lowest BCUT2D eigenvalue weighted by molar-refractivity contribution is 0.0733. The predicted octanol–water partition coefficient (Wildman–Crippen LogP) is 5.24. The lowest BCUT2D eigenvalue weighted by Gasteiger charge is -2.20. The van der Waals surface area contributed by atoms with Gasteiger partial charge in [0.05, 0.1) is 17.1 Å². The van der Waals surface area contributed by atoms with Crippen molar-refractivity contribution in [1.29, 1.82) is 0 Å². The summed E-state index contributed by atoms with van der Waals surface area (Å²) >= 11 is 9.01. The van der Waals surface area contributed by atoms with Gasteiger partial charge in [-0.15, -0.1) is 22.7 Å². The average molecular weight is 405 g/mol. The topological polar surface area (TPSA) is 42.4 Å². The van der Waals surface area contributed by atoms with Crippen molar-refractivity contribution in [3.05, 3.63) is 67.8 Å². The van der Waals surface area contributed by atoms with Crippen LogP contribution >= 0.6 is 34.3 Å². The number of hydrogen-bond donors (Lipinski definition) is 0. The standard InChI is InChI=1S/C19H17ClN2O2S2/c20-13-3-1-4-16(9-13)24-11-18-21-14(12-26-18)10-22(15-6-7-15)19(23)17-5-2-8-25-17/h1-5,8-9,12,15H,6-7,10-11H2. The van der Waals surface area contributed by atoms with Crippen molar-refractivity contribution in [3.63, 3.8) is 0 Å². The summed E-state index contributed by atoms with van der Waals surface area (Å²) in [6, 6.07) is 11.5. The molecule has 0 aliphatic heterocycles. The minimum absolute atomic E-state index is 0.104. The molecule has 1 saturated carbocycles. The van der Waals surface area contributed by atoms with Crippen LogP contribution in [0, 0.1) is 0 Å².